The van der Waals surface area contributed by atoms with Gasteiger partial charge in [0.05, 0.1) is 0 Å². The first kappa shape index (κ1) is 24.1. The summed E-state index contributed by atoms with van der Waals surface area (Å²) in [6.45, 7) is 0.683. The zero-order valence-electron chi connectivity index (χ0n) is 17.2. The van der Waals surface area contributed by atoms with Gasteiger partial charge in [-0.2, -0.15) is 0 Å². The smallest absolute Gasteiger partial charge is 0.407 e. The summed E-state index contributed by atoms with van der Waals surface area (Å²) in [4.78, 5) is 39.4. The van der Waals surface area contributed by atoms with Gasteiger partial charge in [-0.3, -0.25) is 9.59 Å². The minimum Gasteiger partial charge on any atom is -0.445 e. The molecule has 8 nitrogen and oxygen atoms in total. The lowest BCUT2D eigenvalue weighted by Crippen LogP contribution is -2.45. The molecular formula is C22H27ClN4O4. The zero-order valence-corrected chi connectivity index (χ0v) is 17.9. The molecule has 1 atom stereocenters. The fourth-order valence-corrected chi connectivity index (χ4v) is 2.92. The van der Waals surface area contributed by atoms with E-state index in [0.717, 1.165) is 17.5 Å². The van der Waals surface area contributed by atoms with E-state index in [2.05, 4.69) is 15.6 Å². The summed E-state index contributed by atoms with van der Waals surface area (Å²) in [6.07, 6.45) is 3.67. The number of aromatic nitrogens is 1. The third-order valence-electron chi connectivity index (χ3n) is 4.47. The number of nitrogens with two attached hydrogens (primary N) is 1. The number of amides is 3. The van der Waals surface area contributed by atoms with Crippen LogP contribution >= 0.6 is 11.6 Å². The Kier molecular flexibility index (Phi) is 10.3. The summed E-state index contributed by atoms with van der Waals surface area (Å²) < 4.78 is 5.12. The van der Waals surface area contributed by atoms with Gasteiger partial charge in [0.2, 0.25) is 11.8 Å². The van der Waals surface area contributed by atoms with Crippen LogP contribution in [-0.2, 0) is 27.4 Å². The lowest BCUT2D eigenvalue weighted by molar-refractivity contribution is -0.127. The van der Waals surface area contributed by atoms with E-state index in [9.17, 15) is 14.4 Å². The van der Waals surface area contributed by atoms with Gasteiger partial charge in [-0.05, 0) is 30.0 Å². The molecule has 2 aromatic rings. The fourth-order valence-electron chi connectivity index (χ4n) is 2.80. The van der Waals surface area contributed by atoms with Gasteiger partial charge in [0, 0.05) is 25.6 Å². The molecule has 0 unspecified atom stereocenters. The fraction of sp³-hybridized carbons (Fsp3) is 0.364. The van der Waals surface area contributed by atoms with Crippen LogP contribution in [0.3, 0.4) is 0 Å². The highest BCUT2D eigenvalue weighted by atomic mass is 35.5. The van der Waals surface area contributed by atoms with Crippen molar-refractivity contribution in [1.82, 2.24) is 15.6 Å². The number of pyridine rings is 1. The van der Waals surface area contributed by atoms with E-state index in [-0.39, 0.29) is 25.4 Å². The Balaban J connectivity index is 1.57. The molecule has 1 aromatic heterocycles. The molecule has 0 radical (unpaired) electrons. The second-order valence-corrected chi connectivity index (χ2v) is 7.40. The molecule has 0 spiro atoms. The highest BCUT2D eigenvalue weighted by Crippen LogP contribution is 2.08. The van der Waals surface area contributed by atoms with Crippen molar-refractivity contribution >= 4 is 29.5 Å². The standard InChI is InChI=1S/C22H27ClN4O4/c23-19-11-10-17(14-26-19)13-18(21(24)29)27-20(28)9-5-2-6-12-25-22(30)31-15-16-7-3-1-4-8-16/h1,3-4,7-8,10-11,14,18H,2,5-6,9,12-13,15H2,(H2,24,29)(H,25,30)(H,27,28)/t18-/m0/s1. The number of carbonyl (C=O) groups excluding carboxylic acids is 3. The van der Waals surface area contributed by atoms with Crippen LogP contribution in [0.15, 0.2) is 48.7 Å². The highest BCUT2D eigenvalue weighted by Gasteiger charge is 2.18. The number of halogens is 1. The number of primary amides is 1. The quantitative estimate of drug-likeness (QED) is 0.341. The maximum atomic E-state index is 12.1. The van der Waals surface area contributed by atoms with Crippen molar-refractivity contribution in [3.63, 3.8) is 0 Å². The number of nitrogens with one attached hydrogen (secondary N) is 2. The molecule has 0 aliphatic heterocycles. The van der Waals surface area contributed by atoms with E-state index in [0.29, 0.717) is 24.5 Å². The number of alkyl carbamates (subject to hydrolysis) is 1. The number of rotatable bonds is 12. The van der Waals surface area contributed by atoms with Crippen molar-refractivity contribution in [3.8, 4) is 0 Å². The molecule has 4 N–H and O–H groups in total. The van der Waals surface area contributed by atoms with E-state index in [1.807, 2.05) is 30.3 Å². The Hall–Kier alpha value is -3.13. The number of unbranched alkanes of at least 4 members (excludes halogenated alkanes) is 2. The van der Waals surface area contributed by atoms with Crippen LogP contribution in [0.2, 0.25) is 5.15 Å². The molecule has 166 valence electrons. The summed E-state index contributed by atoms with van der Waals surface area (Å²) in [5, 5.41) is 5.69. The first-order valence-electron chi connectivity index (χ1n) is 10.1. The number of carbonyl (C=O) groups is 3. The second-order valence-electron chi connectivity index (χ2n) is 7.01. The van der Waals surface area contributed by atoms with Gasteiger partial charge in [-0.25, -0.2) is 9.78 Å². The predicted octanol–water partition coefficient (Wildman–Crippen LogP) is 2.73. The SMILES string of the molecule is NC(=O)[C@H](Cc1ccc(Cl)nc1)NC(=O)CCCCCNC(=O)OCc1ccccc1. The van der Waals surface area contributed by atoms with Crippen molar-refractivity contribution in [3.05, 3.63) is 64.9 Å². The Bertz CT molecular complexity index is 846. The molecule has 2 rings (SSSR count). The van der Waals surface area contributed by atoms with Crippen molar-refractivity contribution in [1.29, 1.82) is 0 Å². The van der Waals surface area contributed by atoms with Gasteiger partial charge >= 0.3 is 6.09 Å². The zero-order chi connectivity index (χ0) is 22.5. The van der Waals surface area contributed by atoms with E-state index >= 15 is 0 Å². The van der Waals surface area contributed by atoms with Crippen molar-refractivity contribution < 1.29 is 19.1 Å². The Morgan fingerprint density at radius 2 is 1.81 bits per heavy atom. The third kappa shape index (κ3) is 9.95. The molecule has 0 aliphatic carbocycles. The van der Waals surface area contributed by atoms with Crippen LogP contribution in [0.5, 0.6) is 0 Å². The Morgan fingerprint density at radius 1 is 1.03 bits per heavy atom. The Morgan fingerprint density at radius 3 is 2.48 bits per heavy atom. The number of hydrogen-bond acceptors (Lipinski definition) is 5. The molecule has 31 heavy (non-hydrogen) atoms. The maximum absolute atomic E-state index is 12.1. The van der Waals surface area contributed by atoms with E-state index < -0.39 is 18.0 Å². The van der Waals surface area contributed by atoms with Crippen molar-refractivity contribution in [2.45, 2.75) is 44.8 Å². The molecule has 3 amide bonds. The largest absolute Gasteiger partial charge is 0.445 e. The molecule has 0 fully saturated rings. The van der Waals surface area contributed by atoms with Gasteiger partial charge in [0.1, 0.15) is 17.8 Å². The highest BCUT2D eigenvalue weighted by molar-refractivity contribution is 6.29. The monoisotopic (exact) mass is 446 g/mol. The van der Waals surface area contributed by atoms with Gasteiger partial charge < -0.3 is 21.1 Å². The van der Waals surface area contributed by atoms with Crippen LogP contribution in [0.1, 0.15) is 36.8 Å². The maximum Gasteiger partial charge on any atom is 0.407 e. The third-order valence-corrected chi connectivity index (χ3v) is 4.69. The van der Waals surface area contributed by atoms with Gasteiger partial charge in [-0.15, -0.1) is 0 Å². The van der Waals surface area contributed by atoms with Crippen molar-refractivity contribution in [2.24, 2.45) is 5.73 Å². The average molecular weight is 447 g/mol. The molecule has 9 heteroatoms. The predicted molar refractivity (Wildman–Crippen MR) is 117 cm³/mol. The number of benzene rings is 1. The van der Waals surface area contributed by atoms with E-state index in [4.69, 9.17) is 22.1 Å². The summed E-state index contributed by atoms with van der Waals surface area (Å²) >= 11 is 5.74. The second kappa shape index (κ2) is 13.2. The molecule has 0 saturated carbocycles. The van der Waals surface area contributed by atoms with Crippen LogP contribution < -0.4 is 16.4 Å². The first-order chi connectivity index (χ1) is 14.9. The summed E-state index contributed by atoms with van der Waals surface area (Å²) in [5.74, 6) is -0.859. The summed E-state index contributed by atoms with van der Waals surface area (Å²) in [7, 11) is 0. The van der Waals surface area contributed by atoms with E-state index in [1.54, 1.807) is 18.3 Å². The van der Waals surface area contributed by atoms with Gasteiger partial charge in [-0.1, -0.05) is 54.4 Å². The number of nitrogens with zero attached hydrogens (tertiary/aromatic N) is 1. The minimum atomic E-state index is -0.809. The van der Waals surface area contributed by atoms with Crippen LogP contribution in [0.25, 0.3) is 0 Å². The summed E-state index contributed by atoms with van der Waals surface area (Å²) in [5.41, 5.74) is 7.07. The molecule has 0 aliphatic rings. The molecular weight excluding hydrogens is 420 g/mol. The topological polar surface area (TPSA) is 123 Å². The van der Waals surface area contributed by atoms with Gasteiger partial charge in [0.25, 0.3) is 0 Å². The van der Waals surface area contributed by atoms with Gasteiger partial charge in [0.15, 0.2) is 0 Å². The number of hydrogen-bond donors (Lipinski definition) is 3. The van der Waals surface area contributed by atoms with Crippen molar-refractivity contribution in [2.75, 3.05) is 6.54 Å². The molecule has 0 saturated heterocycles. The van der Waals surface area contributed by atoms with E-state index in [1.165, 1.54) is 0 Å². The normalized spacial score (nSPS) is 11.4. The molecule has 1 aromatic carbocycles. The van der Waals surface area contributed by atoms with Crippen LogP contribution in [0.4, 0.5) is 4.79 Å². The molecule has 1 heterocycles. The Labute approximate surface area is 186 Å². The van der Waals surface area contributed by atoms with Crippen LogP contribution in [-0.4, -0.2) is 35.5 Å². The minimum absolute atomic E-state index is 0.222. The average Bonchev–Trinajstić information content (AvgIpc) is 2.76. The summed E-state index contributed by atoms with van der Waals surface area (Å²) in [6, 6.07) is 12.0. The molecule has 0 bridgehead atoms. The number of ether oxygens (including phenoxy) is 1. The lowest BCUT2D eigenvalue weighted by Gasteiger charge is -2.15. The lowest BCUT2D eigenvalue weighted by atomic mass is 10.1. The first-order valence-corrected chi connectivity index (χ1v) is 10.5. The van der Waals surface area contributed by atoms with Crippen LogP contribution in [0, 0.1) is 0 Å².